The molecule has 0 spiro atoms. The predicted octanol–water partition coefficient (Wildman–Crippen LogP) is 8.34. The van der Waals surface area contributed by atoms with E-state index in [9.17, 15) is 14.4 Å². The third-order valence-corrected chi connectivity index (χ3v) is 9.96. The van der Waals surface area contributed by atoms with Crippen molar-refractivity contribution in [3.05, 3.63) is 99.3 Å². The SMILES string of the molecule is CC(C)(C)OC(=O)NCCCOc1ccc(-c2sc(C(=O)N3CCC(C(N)=O)(c4ccccc4)CC3)cc2-c2ccc(Cl)cc2Cl)cc1. The Morgan fingerprint density at radius 1 is 0.938 bits per heavy atom. The molecule has 5 rings (SSSR count). The van der Waals surface area contributed by atoms with Crippen LogP contribution in [-0.2, 0) is 14.9 Å². The molecule has 2 heterocycles. The summed E-state index contributed by atoms with van der Waals surface area (Å²) in [7, 11) is 0. The second kappa shape index (κ2) is 15.0. The average Bonchev–Trinajstić information content (AvgIpc) is 3.49. The molecule has 1 fully saturated rings. The first-order chi connectivity index (χ1) is 22.9. The fourth-order valence-corrected chi connectivity index (χ4v) is 7.43. The summed E-state index contributed by atoms with van der Waals surface area (Å²) in [6.45, 7) is 7.10. The van der Waals surface area contributed by atoms with Crippen LogP contribution < -0.4 is 15.8 Å². The van der Waals surface area contributed by atoms with E-state index in [4.69, 9.17) is 38.4 Å². The van der Waals surface area contributed by atoms with E-state index in [1.807, 2.05) is 87.5 Å². The van der Waals surface area contributed by atoms with E-state index in [1.165, 1.54) is 11.3 Å². The first kappa shape index (κ1) is 35.3. The molecule has 1 saturated heterocycles. The number of likely N-dealkylation sites (tertiary alicyclic amines) is 1. The minimum Gasteiger partial charge on any atom is -0.494 e. The van der Waals surface area contributed by atoms with E-state index in [-0.39, 0.29) is 11.8 Å². The zero-order valence-electron chi connectivity index (χ0n) is 27.2. The number of carbonyl (C=O) groups excluding carboxylic acids is 3. The quantitative estimate of drug-likeness (QED) is 0.161. The average molecular weight is 709 g/mol. The van der Waals surface area contributed by atoms with Crippen LogP contribution in [0.1, 0.15) is 55.3 Å². The number of nitrogens with one attached hydrogen (secondary N) is 1. The first-order valence-corrected chi connectivity index (χ1v) is 17.4. The molecular formula is C37H39Cl2N3O5S. The summed E-state index contributed by atoms with van der Waals surface area (Å²) < 4.78 is 11.1. The molecule has 252 valence electrons. The number of alkyl carbamates (subject to hydrolysis) is 1. The number of nitrogens with zero attached hydrogens (tertiary/aromatic N) is 1. The summed E-state index contributed by atoms with van der Waals surface area (Å²) in [4.78, 5) is 41.7. The van der Waals surface area contributed by atoms with Crippen LogP contribution in [0.5, 0.6) is 5.75 Å². The Hall–Kier alpha value is -4.05. The van der Waals surface area contributed by atoms with E-state index in [1.54, 1.807) is 17.0 Å². The van der Waals surface area contributed by atoms with Crippen molar-refractivity contribution in [2.24, 2.45) is 5.73 Å². The molecule has 3 amide bonds. The first-order valence-electron chi connectivity index (χ1n) is 15.8. The highest BCUT2D eigenvalue weighted by Crippen LogP contribution is 2.44. The Morgan fingerprint density at radius 2 is 1.62 bits per heavy atom. The standard InChI is InChI=1S/C37H39Cl2N3O5S/c1-36(2,3)47-35(45)41-18-7-21-46-27-13-10-24(11-14-27)32-29(28-15-12-26(38)22-30(28)39)23-31(48-32)33(43)42-19-16-37(17-20-42,34(40)44)25-8-5-4-6-9-25/h4-6,8-15,22-23H,7,16-21H2,1-3H3,(H2,40,44)(H,41,45). The molecule has 48 heavy (non-hydrogen) atoms. The molecule has 11 heteroatoms. The number of hydrogen-bond donors (Lipinski definition) is 2. The maximum atomic E-state index is 13.9. The summed E-state index contributed by atoms with van der Waals surface area (Å²) in [5.41, 5.74) is 7.94. The lowest BCUT2D eigenvalue weighted by Crippen LogP contribution is -2.51. The summed E-state index contributed by atoms with van der Waals surface area (Å²) in [6, 6.07) is 24.4. The smallest absolute Gasteiger partial charge is 0.407 e. The molecule has 0 atom stereocenters. The zero-order chi connectivity index (χ0) is 34.5. The molecular weight excluding hydrogens is 669 g/mol. The third-order valence-electron chi connectivity index (χ3n) is 8.24. The maximum Gasteiger partial charge on any atom is 0.407 e. The molecule has 1 aromatic heterocycles. The van der Waals surface area contributed by atoms with Crippen molar-refractivity contribution in [2.75, 3.05) is 26.2 Å². The van der Waals surface area contributed by atoms with Crippen molar-refractivity contribution in [3.63, 3.8) is 0 Å². The molecule has 0 saturated carbocycles. The van der Waals surface area contributed by atoms with Gasteiger partial charge < -0.3 is 25.4 Å². The van der Waals surface area contributed by atoms with Gasteiger partial charge in [-0.05, 0) is 93.6 Å². The second-order valence-corrected chi connectivity index (χ2v) is 14.6. The lowest BCUT2D eigenvalue weighted by molar-refractivity contribution is -0.125. The number of primary amides is 1. The highest BCUT2D eigenvalue weighted by molar-refractivity contribution is 7.18. The Kier molecular flexibility index (Phi) is 11.0. The fourth-order valence-electron chi connectivity index (χ4n) is 5.77. The number of piperidine rings is 1. The molecule has 0 unspecified atom stereocenters. The van der Waals surface area contributed by atoms with Gasteiger partial charge in [0.05, 0.1) is 16.9 Å². The Bertz CT molecular complexity index is 1760. The third kappa shape index (κ3) is 8.32. The summed E-state index contributed by atoms with van der Waals surface area (Å²) in [5.74, 6) is 0.201. The molecule has 1 aliphatic rings. The van der Waals surface area contributed by atoms with Gasteiger partial charge in [-0.15, -0.1) is 11.3 Å². The van der Waals surface area contributed by atoms with Crippen molar-refractivity contribution in [1.29, 1.82) is 0 Å². The Balaban J connectivity index is 1.31. The highest BCUT2D eigenvalue weighted by atomic mass is 35.5. The van der Waals surface area contributed by atoms with Gasteiger partial charge in [0.2, 0.25) is 5.91 Å². The lowest BCUT2D eigenvalue weighted by atomic mass is 9.72. The number of nitrogens with two attached hydrogens (primary N) is 1. The number of halogens is 2. The summed E-state index contributed by atoms with van der Waals surface area (Å²) in [6.07, 6.45) is 1.05. The van der Waals surface area contributed by atoms with Crippen LogP contribution in [0.4, 0.5) is 4.79 Å². The van der Waals surface area contributed by atoms with E-state index < -0.39 is 17.1 Å². The molecule has 3 N–H and O–H groups in total. The number of thiophene rings is 1. The number of amides is 3. The van der Waals surface area contributed by atoms with Gasteiger partial charge in [-0.3, -0.25) is 9.59 Å². The second-order valence-electron chi connectivity index (χ2n) is 12.7. The van der Waals surface area contributed by atoms with Crippen LogP contribution in [0.2, 0.25) is 10.0 Å². The van der Waals surface area contributed by atoms with Crippen molar-refractivity contribution >= 4 is 52.4 Å². The minimum absolute atomic E-state index is 0.108. The molecule has 8 nitrogen and oxygen atoms in total. The minimum atomic E-state index is -0.806. The Morgan fingerprint density at radius 3 is 2.25 bits per heavy atom. The number of rotatable bonds is 10. The van der Waals surface area contributed by atoms with Crippen LogP contribution in [0.25, 0.3) is 21.6 Å². The molecule has 1 aliphatic heterocycles. The monoisotopic (exact) mass is 707 g/mol. The van der Waals surface area contributed by atoms with Crippen molar-refractivity contribution in [1.82, 2.24) is 10.2 Å². The van der Waals surface area contributed by atoms with Gasteiger partial charge in [-0.1, -0.05) is 59.6 Å². The molecule has 0 aliphatic carbocycles. The van der Waals surface area contributed by atoms with Gasteiger partial charge in [-0.2, -0.15) is 0 Å². The van der Waals surface area contributed by atoms with Gasteiger partial charge in [0.1, 0.15) is 11.4 Å². The molecule has 0 radical (unpaired) electrons. The van der Waals surface area contributed by atoms with E-state index in [0.29, 0.717) is 66.2 Å². The van der Waals surface area contributed by atoms with Gasteiger partial charge in [0.25, 0.3) is 5.91 Å². The van der Waals surface area contributed by atoms with E-state index in [0.717, 1.165) is 27.1 Å². The van der Waals surface area contributed by atoms with Crippen molar-refractivity contribution < 1.29 is 23.9 Å². The Labute approximate surface area is 295 Å². The van der Waals surface area contributed by atoms with Gasteiger partial charge in [0.15, 0.2) is 0 Å². The summed E-state index contributed by atoms with van der Waals surface area (Å²) >= 11 is 14.3. The molecule has 3 aromatic carbocycles. The summed E-state index contributed by atoms with van der Waals surface area (Å²) in [5, 5.41) is 3.72. The zero-order valence-corrected chi connectivity index (χ0v) is 29.5. The van der Waals surface area contributed by atoms with Crippen LogP contribution in [0.3, 0.4) is 0 Å². The number of hydrogen-bond acceptors (Lipinski definition) is 6. The molecule has 4 aromatic rings. The predicted molar refractivity (Wildman–Crippen MR) is 192 cm³/mol. The topological polar surface area (TPSA) is 111 Å². The fraction of sp³-hybridized carbons (Fsp3) is 0.324. The highest BCUT2D eigenvalue weighted by Gasteiger charge is 2.42. The van der Waals surface area contributed by atoms with E-state index >= 15 is 0 Å². The van der Waals surface area contributed by atoms with Crippen molar-refractivity contribution in [2.45, 2.75) is 51.0 Å². The maximum absolute atomic E-state index is 13.9. The van der Waals surface area contributed by atoms with Crippen LogP contribution in [0, 0.1) is 0 Å². The number of ether oxygens (including phenoxy) is 2. The normalized spacial score (nSPS) is 14.3. The van der Waals surface area contributed by atoms with E-state index in [2.05, 4.69) is 5.32 Å². The van der Waals surface area contributed by atoms with Gasteiger partial charge >= 0.3 is 6.09 Å². The van der Waals surface area contributed by atoms with Crippen LogP contribution in [0.15, 0.2) is 78.9 Å². The lowest BCUT2D eigenvalue weighted by Gasteiger charge is -2.40. The number of carbonyl (C=O) groups is 3. The van der Waals surface area contributed by atoms with Gasteiger partial charge in [0, 0.05) is 45.7 Å². The number of benzene rings is 3. The van der Waals surface area contributed by atoms with Crippen LogP contribution in [-0.4, -0.2) is 54.6 Å². The van der Waals surface area contributed by atoms with Crippen LogP contribution >= 0.6 is 34.5 Å². The van der Waals surface area contributed by atoms with Crippen molar-refractivity contribution in [3.8, 4) is 27.3 Å². The molecule has 0 bridgehead atoms. The van der Waals surface area contributed by atoms with Gasteiger partial charge in [-0.25, -0.2) is 4.79 Å². The largest absolute Gasteiger partial charge is 0.494 e.